The fourth-order valence-corrected chi connectivity index (χ4v) is 3.09. The molecule has 24 heavy (non-hydrogen) atoms. The summed E-state index contributed by atoms with van der Waals surface area (Å²) < 4.78 is 5.43. The summed E-state index contributed by atoms with van der Waals surface area (Å²) in [7, 11) is 0. The van der Waals surface area contributed by atoms with E-state index >= 15 is 0 Å². The Kier molecular flexibility index (Phi) is 7.52. The number of rotatable bonds is 5. The summed E-state index contributed by atoms with van der Waals surface area (Å²) in [5.74, 6) is 0.437. The molecule has 0 saturated carbocycles. The average Bonchev–Trinajstić information content (AvgIpc) is 2.47. The van der Waals surface area contributed by atoms with Gasteiger partial charge in [0.15, 0.2) is 0 Å². The maximum absolute atomic E-state index is 12.8. The predicted molar refractivity (Wildman–Crippen MR) is 95.9 cm³/mol. The van der Waals surface area contributed by atoms with Crippen molar-refractivity contribution in [3.8, 4) is 0 Å². The molecule has 0 aromatic rings. The molecule has 140 valence electrons. The largest absolute Gasteiger partial charge is 0.444 e. The number of piperazine rings is 1. The number of ether oxygens (including phenoxy) is 1. The van der Waals surface area contributed by atoms with Crippen LogP contribution in [0.3, 0.4) is 0 Å². The van der Waals surface area contributed by atoms with E-state index in [0.717, 1.165) is 13.1 Å². The van der Waals surface area contributed by atoms with Crippen LogP contribution in [0, 0.1) is 5.92 Å². The lowest BCUT2D eigenvalue weighted by Crippen LogP contribution is -2.58. The molecule has 0 spiro atoms. The van der Waals surface area contributed by atoms with Gasteiger partial charge in [-0.2, -0.15) is 0 Å². The van der Waals surface area contributed by atoms with Gasteiger partial charge in [-0.3, -0.25) is 9.69 Å². The van der Waals surface area contributed by atoms with Crippen molar-refractivity contribution in [1.29, 1.82) is 0 Å². The summed E-state index contributed by atoms with van der Waals surface area (Å²) in [6.07, 6.45) is -0.265. The second-order valence-corrected chi connectivity index (χ2v) is 7.70. The Morgan fingerprint density at radius 2 is 1.54 bits per heavy atom. The molecular weight excluding hydrogens is 306 g/mol. The minimum absolute atomic E-state index is 0.120. The van der Waals surface area contributed by atoms with Gasteiger partial charge in [0.1, 0.15) is 5.60 Å². The number of likely N-dealkylation sites (N-methyl/N-ethyl adjacent to an activating group) is 1. The number of nitrogens with zero attached hydrogens (tertiary/aromatic N) is 3. The van der Waals surface area contributed by atoms with Gasteiger partial charge < -0.3 is 14.5 Å². The van der Waals surface area contributed by atoms with E-state index in [9.17, 15) is 9.59 Å². The highest BCUT2D eigenvalue weighted by atomic mass is 16.6. The van der Waals surface area contributed by atoms with Gasteiger partial charge in [-0.05, 0) is 40.5 Å². The topological polar surface area (TPSA) is 53.1 Å². The average molecular weight is 341 g/mol. The molecular formula is C18H35N3O3. The zero-order chi connectivity index (χ0) is 18.5. The Bertz CT molecular complexity index is 420. The highest BCUT2D eigenvalue weighted by molar-refractivity contribution is 5.82. The number of amides is 2. The number of hydrogen-bond acceptors (Lipinski definition) is 4. The van der Waals surface area contributed by atoms with Crippen molar-refractivity contribution in [3.05, 3.63) is 0 Å². The first-order valence-corrected chi connectivity index (χ1v) is 9.11. The zero-order valence-corrected chi connectivity index (χ0v) is 16.5. The maximum atomic E-state index is 12.8. The van der Waals surface area contributed by atoms with Crippen LogP contribution < -0.4 is 0 Å². The normalized spacial score (nSPS) is 17.8. The Balaban J connectivity index is 2.69. The monoisotopic (exact) mass is 341 g/mol. The number of hydrogen-bond donors (Lipinski definition) is 0. The Morgan fingerprint density at radius 1 is 1.04 bits per heavy atom. The molecule has 6 nitrogen and oxygen atoms in total. The molecule has 1 unspecified atom stereocenters. The highest BCUT2D eigenvalue weighted by Crippen LogP contribution is 2.18. The lowest BCUT2D eigenvalue weighted by Gasteiger charge is -2.41. The van der Waals surface area contributed by atoms with Gasteiger partial charge >= 0.3 is 6.09 Å². The third-order valence-corrected chi connectivity index (χ3v) is 4.32. The van der Waals surface area contributed by atoms with E-state index in [1.54, 1.807) is 4.90 Å². The first kappa shape index (κ1) is 20.7. The third kappa shape index (κ3) is 5.65. The summed E-state index contributed by atoms with van der Waals surface area (Å²) in [4.78, 5) is 30.8. The summed E-state index contributed by atoms with van der Waals surface area (Å²) in [5.41, 5.74) is -0.479. The predicted octanol–water partition coefficient (Wildman–Crippen LogP) is 2.43. The molecule has 1 saturated heterocycles. The molecule has 1 fully saturated rings. The second-order valence-electron chi connectivity index (χ2n) is 7.70. The lowest BCUT2D eigenvalue weighted by molar-refractivity contribution is -0.139. The van der Waals surface area contributed by atoms with Crippen molar-refractivity contribution in [2.75, 3.05) is 39.3 Å². The molecule has 0 aromatic heterocycles. The molecule has 2 amide bonds. The quantitative estimate of drug-likeness (QED) is 0.771. The van der Waals surface area contributed by atoms with Gasteiger partial charge in [0, 0.05) is 39.3 Å². The fraction of sp³-hybridized carbons (Fsp3) is 0.889. The molecule has 0 N–H and O–H groups in total. The molecule has 0 aromatic carbocycles. The van der Waals surface area contributed by atoms with Gasteiger partial charge in [0.25, 0.3) is 0 Å². The van der Waals surface area contributed by atoms with E-state index in [4.69, 9.17) is 4.74 Å². The van der Waals surface area contributed by atoms with Crippen molar-refractivity contribution in [3.63, 3.8) is 0 Å². The Labute approximate surface area is 147 Å². The van der Waals surface area contributed by atoms with Gasteiger partial charge in [-0.25, -0.2) is 4.79 Å². The van der Waals surface area contributed by atoms with E-state index in [0.29, 0.717) is 26.2 Å². The maximum Gasteiger partial charge on any atom is 0.410 e. The number of carbonyl (C=O) groups excluding carboxylic acids is 2. The molecule has 0 aliphatic carbocycles. The van der Waals surface area contributed by atoms with Crippen LogP contribution in [0.1, 0.15) is 48.5 Å². The molecule has 1 aliphatic rings. The molecule has 1 rings (SSSR count). The first-order chi connectivity index (χ1) is 11.1. The van der Waals surface area contributed by atoms with E-state index in [-0.39, 0.29) is 24.0 Å². The summed E-state index contributed by atoms with van der Waals surface area (Å²) in [6.45, 7) is 17.9. The van der Waals surface area contributed by atoms with Crippen LogP contribution in [0.2, 0.25) is 0 Å². The minimum Gasteiger partial charge on any atom is -0.444 e. The van der Waals surface area contributed by atoms with E-state index in [1.807, 2.05) is 39.5 Å². The van der Waals surface area contributed by atoms with Gasteiger partial charge in [-0.15, -0.1) is 0 Å². The third-order valence-electron chi connectivity index (χ3n) is 4.32. The highest BCUT2D eigenvalue weighted by Gasteiger charge is 2.35. The molecule has 1 atom stereocenters. The van der Waals surface area contributed by atoms with Crippen molar-refractivity contribution in [1.82, 2.24) is 14.7 Å². The van der Waals surface area contributed by atoms with Crippen LogP contribution in [-0.2, 0) is 9.53 Å². The van der Waals surface area contributed by atoms with Crippen LogP contribution in [0.25, 0.3) is 0 Å². The summed E-state index contributed by atoms with van der Waals surface area (Å²) in [5, 5.41) is 0. The molecule has 6 heteroatoms. The van der Waals surface area contributed by atoms with Gasteiger partial charge in [0.05, 0.1) is 6.04 Å². The minimum atomic E-state index is -0.479. The number of carbonyl (C=O) groups is 2. The van der Waals surface area contributed by atoms with Crippen LogP contribution in [0.4, 0.5) is 4.79 Å². The van der Waals surface area contributed by atoms with Crippen LogP contribution in [-0.4, -0.2) is 77.6 Å². The summed E-state index contributed by atoms with van der Waals surface area (Å²) in [6, 6.07) is -0.120. The van der Waals surface area contributed by atoms with E-state index < -0.39 is 5.60 Å². The summed E-state index contributed by atoms with van der Waals surface area (Å²) >= 11 is 0. The Morgan fingerprint density at radius 3 is 1.92 bits per heavy atom. The Hall–Kier alpha value is -1.30. The van der Waals surface area contributed by atoms with Crippen molar-refractivity contribution in [2.45, 2.75) is 60.1 Å². The molecule has 1 heterocycles. The smallest absolute Gasteiger partial charge is 0.410 e. The van der Waals surface area contributed by atoms with Crippen LogP contribution in [0.15, 0.2) is 0 Å². The van der Waals surface area contributed by atoms with Gasteiger partial charge in [-0.1, -0.05) is 13.8 Å². The fourth-order valence-electron chi connectivity index (χ4n) is 3.09. The molecule has 1 aliphatic heterocycles. The van der Waals surface area contributed by atoms with Crippen molar-refractivity contribution in [2.24, 2.45) is 5.92 Å². The van der Waals surface area contributed by atoms with Crippen molar-refractivity contribution < 1.29 is 14.3 Å². The second kappa shape index (κ2) is 8.70. The van der Waals surface area contributed by atoms with E-state index in [1.165, 1.54) is 0 Å². The van der Waals surface area contributed by atoms with Crippen LogP contribution in [0.5, 0.6) is 0 Å². The van der Waals surface area contributed by atoms with Gasteiger partial charge in [0.2, 0.25) is 5.91 Å². The molecule has 0 radical (unpaired) electrons. The first-order valence-electron chi connectivity index (χ1n) is 9.11. The molecule has 0 bridgehead atoms. The zero-order valence-electron chi connectivity index (χ0n) is 16.5. The lowest BCUT2D eigenvalue weighted by atomic mass is 10.00. The SMILES string of the molecule is CCN(CC)C(=O)C(C(C)C)N1CCN(C(=O)OC(C)(C)C)CC1. The van der Waals surface area contributed by atoms with Crippen LogP contribution >= 0.6 is 0 Å². The van der Waals surface area contributed by atoms with Crippen molar-refractivity contribution >= 4 is 12.0 Å². The standard InChI is InChI=1S/C18H35N3O3/c1-8-19(9-2)16(22)15(14(3)4)20-10-12-21(13-11-20)17(23)24-18(5,6)7/h14-15H,8-13H2,1-7H3. The van der Waals surface area contributed by atoms with E-state index in [2.05, 4.69) is 18.7 Å².